The molecule has 0 bridgehead atoms. The van der Waals surface area contributed by atoms with Crippen LogP contribution in [0.5, 0.6) is 17.2 Å². The summed E-state index contributed by atoms with van der Waals surface area (Å²) in [7, 11) is 0. The van der Waals surface area contributed by atoms with Crippen molar-refractivity contribution < 1.29 is 19.2 Å². The maximum Gasteiger partial charge on any atom is 0.276 e. The Labute approximate surface area is 212 Å². The summed E-state index contributed by atoms with van der Waals surface area (Å²) in [6.07, 6.45) is 1.62. The molecular weight excluding hydrogens is 484 g/mol. The summed E-state index contributed by atoms with van der Waals surface area (Å²) < 4.78 is 13.1. The van der Waals surface area contributed by atoms with Crippen LogP contribution >= 0.6 is 11.6 Å². The minimum Gasteiger partial charge on any atom is -0.471 e. The second kappa shape index (κ2) is 10.5. The van der Waals surface area contributed by atoms with Crippen LogP contribution in [0.3, 0.4) is 0 Å². The minimum atomic E-state index is -0.561. The van der Waals surface area contributed by atoms with Crippen LogP contribution in [0.25, 0.3) is 0 Å². The predicted octanol–water partition coefficient (Wildman–Crippen LogP) is 6.45. The van der Waals surface area contributed by atoms with Gasteiger partial charge in [-0.15, -0.1) is 0 Å². The van der Waals surface area contributed by atoms with E-state index in [0.717, 1.165) is 22.4 Å². The molecule has 4 aromatic rings. The molecule has 0 radical (unpaired) electrons. The minimum absolute atomic E-state index is 0.118. The summed E-state index contributed by atoms with van der Waals surface area (Å²) in [5.41, 5.74) is 2.94. The van der Waals surface area contributed by atoms with Crippen molar-refractivity contribution >= 4 is 28.9 Å². The largest absolute Gasteiger partial charge is 0.471 e. The lowest BCUT2D eigenvalue weighted by molar-refractivity contribution is -0.384. The number of ether oxygens (including phenoxy) is 2. The summed E-state index contributed by atoms with van der Waals surface area (Å²) in [5, 5.41) is 18.9. The second-order valence-corrected chi connectivity index (χ2v) is 8.63. The first-order chi connectivity index (χ1) is 17.2. The van der Waals surface area contributed by atoms with Crippen molar-refractivity contribution in [3.63, 3.8) is 0 Å². The topological polar surface area (TPSA) is 109 Å². The smallest absolute Gasteiger partial charge is 0.276 e. The van der Waals surface area contributed by atoms with E-state index in [9.17, 15) is 14.9 Å². The van der Waals surface area contributed by atoms with E-state index >= 15 is 0 Å². The highest BCUT2D eigenvalue weighted by Gasteiger charge is 2.16. The van der Waals surface area contributed by atoms with Gasteiger partial charge in [-0.3, -0.25) is 14.9 Å². The highest BCUT2D eigenvalue weighted by atomic mass is 35.5. The maximum atomic E-state index is 12.8. The summed E-state index contributed by atoms with van der Waals surface area (Å²) in [6.45, 7) is 5.86. The third-order valence-electron chi connectivity index (χ3n) is 5.29. The van der Waals surface area contributed by atoms with Gasteiger partial charge < -0.3 is 14.8 Å². The van der Waals surface area contributed by atoms with Gasteiger partial charge in [-0.1, -0.05) is 23.7 Å². The number of hydrogen-bond acceptors (Lipinski definition) is 6. The Balaban J connectivity index is 1.47. The van der Waals surface area contributed by atoms with Crippen LogP contribution in [0.1, 0.15) is 27.2 Å². The number of nitro groups is 1. The monoisotopic (exact) mass is 506 g/mol. The fourth-order valence-corrected chi connectivity index (χ4v) is 3.50. The number of amides is 1. The highest BCUT2D eigenvalue weighted by Crippen LogP contribution is 2.31. The van der Waals surface area contributed by atoms with Gasteiger partial charge >= 0.3 is 0 Å². The van der Waals surface area contributed by atoms with E-state index in [1.165, 1.54) is 28.9 Å². The average molecular weight is 507 g/mol. The Bertz CT molecular complexity index is 1450. The molecule has 0 saturated carbocycles. The maximum absolute atomic E-state index is 12.8. The molecule has 0 atom stereocenters. The molecule has 0 aliphatic carbocycles. The Morgan fingerprint density at radius 1 is 1.03 bits per heavy atom. The van der Waals surface area contributed by atoms with Gasteiger partial charge in [-0.2, -0.15) is 5.10 Å². The number of aromatic nitrogens is 2. The molecule has 9 nitrogen and oxygen atoms in total. The lowest BCUT2D eigenvalue weighted by Gasteiger charge is -2.10. The number of aryl methyl sites for hydroxylation is 3. The SMILES string of the molecule is Cc1ccc(C)c(OCn2ccc(C(=O)Nc3cc(Oc4ccc(Cl)c(C)c4)cc([N+](=O)[O-])c3)n2)c1. The number of anilines is 1. The number of non-ortho nitro benzene ring substituents is 1. The molecule has 0 fully saturated rings. The van der Waals surface area contributed by atoms with Gasteiger partial charge in [0.25, 0.3) is 11.6 Å². The molecule has 0 unspecified atom stereocenters. The Morgan fingerprint density at radius 3 is 2.58 bits per heavy atom. The molecular formula is C26H23ClN4O5. The van der Waals surface area contributed by atoms with Crippen LogP contribution in [0.2, 0.25) is 5.02 Å². The lowest BCUT2D eigenvalue weighted by atomic mass is 10.1. The Morgan fingerprint density at radius 2 is 1.83 bits per heavy atom. The van der Waals surface area contributed by atoms with Crippen molar-refractivity contribution in [2.24, 2.45) is 0 Å². The normalized spacial score (nSPS) is 10.7. The van der Waals surface area contributed by atoms with Crippen LogP contribution in [0.4, 0.5) is 11.4 Å². The zero-order valence-corrected chi connectivity index (χ0v) is 20.6. The van der Waals surface area contributed by atoms with Crippen LogP contribution in [0.15, 0.2) is 66.9 Å². The third kappa shape index (κ3) is 6.00. The fourth-order valence-electron chi connectivity index (χ4n) is 3.38. The predicted molar refractivity (Wildman–Crippen MR) is 136 cm³/mol. The van der Waals surface area contributed by atoms with Crippen LogP contribution in [-0.4, -0.2) is 20.6 Å². The molecule has 0 aliphatic rings. The van der Waals surface area contributed by atoms with Crippen molar-refractivity contribution in [2.45, 2.75) is 27.5 Å². The van der Waals surface area contributed by atoms with E-state index in [-0.39, 0.29) is 29.5 Å². The quantitative estimate of drug-likeness (QED) is 0.217. The van der Waals surface area contributed by atoms with Crippen molar-refractivity contribution in [3.05, 3.63) is 104 Å². The number of nitrogens with one attached hydrogen (secondary N) is 1. The van der Waals surface area contributed by atoms with Gasteiger partial charge in [0.1, 0.15) is 17.2 Å². The Hall–Kier alpha value is -4.37. The molecule has 1 N–H and O–H groups in total. The Kier molecular flexibility index (Phi) is 7.21. The number of nitrogens with zero attached hydrogens (tertiary/aromatic N) is 3. The van der Waals surface area contributed by atoms with Gasteiger partial charge in [0.15, 0.2) is 12.4 Å². The zero-order chi connectivity index (χ0) is 25.8. The zero-order valence-electron chi connectivity index (χ0n) is 19.8. The summed E-state index contributed by atoms with van der Waals surface area (Å²) in [4.78, 5) is 23.7. The number of halogens is 1. The van der Waals surface area contributed by atoms with Gasteiger partial charge in [0.2, 0.25) is 0 Å². The van der Waals surface area contributed by atoms with Gasteiger partial charge in [-0.25, -0.2) is 4.68 Å². The molecule has 3 aromatic carbocycles. The van der Waals surface area contributed by atoms with E-state index in [2.05, 4.69) is 10.4 Å². The van der Waals surface area contributed by atoms with Crippen molar-refractivity contribution in [3.8, 4) is 17.2 Å². The first kappa shape index (κ1) is 24.7. The highest BCUT2D eigenvalue weighted by molar-refractivity contribution is 6.31. The van der Waals surface area contributed by atoms with Crippen molar-refractivity contribution in [2.75, 3.05) is 5.32 Å². The van der Waals surface area contributed by atoms with Crippen molar-refractivity contribution in [1.82, 2.24) is 9.78 Å². The summed E-state index contributed by atoms with van der Waals surface area (Å²) in [6, 6.07) is 16.5. The molecule has 184 valence electrons. The summed E-state index contributed by atoms with van der Waals surface area (Å²) in [5.74, 6) is 0.844. The molecule has 1 amide bonds. The van der Waals surface area contributed by atoms with Gasteiger partial charge in [0.05, 0.1) is 16.7 Å². The second-order valence-electron chi connectivity index (χ2n) is 8.22. The van der Waals surface area contributed by atoms with Crippen LogP contribution in [0, 0.1) is 30.9 Å². The first-order valence-electron chi connectivity index (χ1n) is 11.0. The number of nitro benzene ring substituents is 1. The van der Waals surface area contributed by atoms with Gasteiger partial charge in [0, 0.05) is 23.4 Å². The molecule has 0 saturated heterocycles. The van der Waals surface area contributed by atoms with E-state index in [1.807, 2.05) is 39.0 Å². The standard InChI is InChI=1S/C26H23ClN4O5/c1-16-4-5-17(2)25(10-16)35-15-30-9-8-24(29-30)26(32)28-19-12-20(31(33)34)14-22(13-19)36-21-6-7-23(27)18(3)11-21/h4-14H,15H2,1-3H3,(H,28,32). The molecule has 10 heteroatoms. The number of benzene rings is 3. The molecule has 1 heterocycles. The molecule has 0 spiro atoms. The molecule has 0 aliphatic heterocycles. The molecule has 1 aromatic heterocycles. The lowest BCUT2D eigenvalue weighted by Crippen LogP contribution is -2.14. The number of carbonyl (C=O) groups excluding carboxylic acids is 1. The van der Waals surface area contributed by atoms with Crippen LogP contribution in [-0.2, 0) is 6.73 Å². The van der Waals surface area contributed by atoms with Gasteiger partial charge in [-0.05, 0) is 67.8 Å². The van der Waals surface area contributed by atoms with E-state index in [1.54, 1.807) is 24.4 Å². The van der Waals surface area contributed by atoms with Crippen molar-refractivity contribution in [1.29, 1.82) is 0 Å². The van der Waals surface area contributed by atoms with Crippen LogP contribution < -0.4 is 14.8 Å². The summed E-state index contributed by atoms with van der Waals surface area (Å²) >= 11 is 6.05. The first-order valence-corrected chi connectivity index (χ1v) is 11.3. The molecule has 4 rings (SSSR count). The number of carbonyl (C=O) groups is 1. The third-order valence-corrected chi connectivity index (χ3v) is 5.72. The number of hydrogen-bond donors (Lipinski definition) is 1. The van der Waals surface area contributed by atoms with E-state index < -0.39 is 10.8 Å². The fraction of sp³-hybridized carbons (Fsp3) is 0.154. The average Bonchev–Trinajstić information content (AvgIpc) is 3.31. The number of rotatable bonds is 8. The van der Waals surface area contributed by atoms with E-state index in [0.29, 0.717) is 10.8 Å². The van der Waals surface area contributed by atoms with E-state index in [4.69, 9.17) is 21.1 Å². The molecule has 36 heavy (non-hydrogen) atoms.